The van der Waals surface area contributed by atoms with Gasteiger partial charge in [-0.1, -0.05) is 30.3 Å². The average Bonchev–Trinajstić information content (AvgIpc) is 2.83. The van der Waals surface area contributed by atoms with E-state index in [4.69, 9.17) is 4.74 Å². The number of carbonyl (C=O) groups excluding carboxylic acids is 5. The van der Waals surface area contributed by atoms with Crippen LogP contribution in [0.1, 0.15) is 48.4 Å². The maximum atomic E-state index is 13.6. The number of nitrogens with zero attached hydrogens (tertiary/aromatic N) is 2. The molecule has 2 heterocycles. The predicted octanol–water partition coefficient (Wildman–Crippen LogP) is 1.14. The number of imide groups is 1. The topological polar surface area (TPSA) is 113 Å². The highest BCUT2D eigenvalue weighted by Crippen LogP contribution is 2.27. The first-order chi connectivity index (χ1) is 15.9. The van der Waals surface area contributed by atoms with E-state index in [1.807, 2.05) is 0 Å². The highest BCUT2D eigenvalue weighted by atomic mass is 16.5. The van der Waals surface area contributed by atoms with Crippen molar-refractivity contribution in [2.45, 2.75) is 13.0 Å². The zero-order valence-corrected chi connectivity index (χ0v) is 18.1. The van der Waals surface area contributed by atoms with Crippen LogP contribution in [0, 0.1) is 0 Å². The molecule has 2 aromatic rings. The van der Waals surface area contributed by atoms with Crippen molar-refractivity contribution in [2.75, 3.05) is 32.8 Å². The molecule has 2 aliphatic rings. The Morgan fingerprint density at radius 3 is 2.15 bits per heavy atom. The number of amides is 3. The standard InChI is InChI=1S/C24H23N3O6/c1-2-33-20(28)14-26-12-11-25-22(30)16-8-4-6-10-18(16)24(32)27-19(13-26)21(29)15-7-3-5-9-17(15)23(27)31/h3-10,19H,2,11-14H2,1H3,(H,25,30). The number of esters is 1. The van der Waals surface area contributed by atoms with Crippen molar-refractivity contribution >= 4 is 29.5 Å². The van der Waals surface area contributed by atoms with Gasteiger partial charge in [0.05, 0.1) is 29.8 Å². The second-order valence-electron chi connectivity index (χ2n) is 7.75. The minimum Gasteiger partial charge on any atom is -0.465 e. The number of Topliss-reactive ketones (excluding diaryl/α,β-unsaturated/α-hetero) is 1. The fraction of sp³-hybridized carbons (Fsp3) is 0.292. The second kappa shape index (κ2) is 9.33. The van der Waals surface area contributed by atoms with Crippen LogP contribution in [0.25, 0.3) is 0 Å². The molecule has 9 heteroatoms. The molecule has 0 radical (unpaired) electrons. The molecule has 0 saturated heterocycles. The van der Waals surface area contributed by atoms with Gasteiger partial charge in [0.2, 0.25) is 0 Å². The van der Waals surface area contributed by atoms with Crippen molar-refractivity contribution in [2.24, 2.45) is 0 Å². The van der Waals surface area contributed by atoms with E-state index in [9.17, 15) is 24.0 Å². The van der Waals surface area contributed by atoms with Crippen molar-refractivity contribution in [3.63, 3.8) is 0 Å². The first-order valence-corrected chi connectivity index (χ1v) is 10.7. The molecule has 9 nitrogen and oxygen atoms in total. The molecule has 2 aromatic carbocycles. The van der Waals surface area contributed by atoms with E-state index in [0.717, 1.165) is 4.90 Å². The monoisotopic (exact) mass is 449 g/mol. The summed E-state index contributed by atoms with van der Waals surface area (Å²) in [5.41, 5.74) is 0.490. The number of nitrogens with one attached hydrogen (secondary N) is 1. The Kier molecular flexibility index (Phi) is 6.32. The first kappa shape index (κ1) is 22.3. The summed E-state index contributed by atoms with van der Waals surface area (Å²) in [6.45, 7) is 2.04. The van der Waals surface area contributed by atoms with Crippen LogP contribution < -0.4 is 5.32 Å². The van der Waals surface area contributed by atoms with Crippen molar-refractivity contribution in [1.29, 1.82) is 0 Å². The van der Waals surface area contributed by atoms with Gasteiger partial charge in [-0.15, -0.1) is 0 Å². The van der Waals surface area contributed by atoms with Gasteiger partial charge in [-0.2, -0.15) is 0 Å². The minimum absolute atomic E-state index is 0.0272. The molecule has 0 fully saturated rings. The van der Waals surface area contributed by atoms with E-state index >= 15 is 0 Å². The van der Waals surface area contributed by atoms with E-state index in [-0.39, 0.29) is 55.0 Å². The number of hydrogen-bond acceptors (Lipinski definition) is 7. The minimum atomic E-state index is -1.16. The number of benzene rings is 2. The lowest BCUT2D eigenvalue weighted by Crippen LogP contribution is -2.57. The number of hydrogen-bond donors (Lipinski definition) is 1. The number of ketones is 1. The Balaban J connectivity index is 1.82. The zero-order chi connectivity index (χ0) is 23.5. The third kappa shape index (κ3) is 4.27. The van der Waals surface area contributed by atoms with Crippen LogP contribution >= 0.6 is 0 Å². The lowest BCUT2D eigenvalue weighted by molar-refractivity contribution is -0.144. The van der Waals surface area contributed by atoms with Gasteiger partial charge in [0.25, 0.3) is 17.7 Å². The van der Waals surface area contributed by atoms with Crippen molar-refractivity contribution in [1.82, 2.24) is 15.1 Å². The smallest absolute Gasteiger partial charge is 0.320 e. The summed E-state index contributed by atoms with van der Waals surface area (Å²) in [5.74, 6) is -2.75. The highest BCUT2D eigenvalue weighted by molar-refractivity contribution is 6.23. The lowest BCUT2D eigenvalue weighted by atomic mass is 9.90. The van der Waals surface area contributed by atoms with E-state index in [2.05, 4.69) is 5.32 Å². The highest BCUT2D eigenvalue weighted by Gasteiger charge is 2.44. The maximum Gasteiger partial charge on any atom is 0.320 e. The van der Waals surface area contributed by atoms with Gasteiger partial charge in [-0.3, -0.25) is 33.8 Å². The first-order valence-electron chi connectivity index (χ1n) is 10.7. The maximum absolute atomic E-state index is 13.6. The van der Waals surface area contributed by atoms with Gasteiger partial charge in [0.1, 0.15) is 6.04 Å². The summed E-state index contributed by atoms with van der Waals surface area (Å²) < 4.78 is 5.03. The van der Waals surface area contributed by atoms with Gasteiger partial charge >= 0.3 is 5.97 Å². The molecule has 1 atom stereocenters. The quantitative estimate of drug-likeness (QED) is 0.552. The van der Waals surface area contributed by atoms with Crippen LogP contribution in [0.15, 0.2) is 48.5 Å². The molecule has 0 saturated carbocycles. The molecule has 33 heavy (non-hydrogen) atoms. The van der Waals surface area contributed by atoms with Crippen LogP contribution in [0.2, 0.25) is 0 Å². The predicted molar refractivity (Wildman–Crippen MR) is 117 cm³/mol. The SMILES string of the molecule is CCOC(=O)CN1CCNC(=O)c2ccccc2C(=O)N2C(=O)c3ccccc3C(=O)C2C1. The summed E-state index contributed by atoms with van der Waals surface area (Å²) in [7, 11) is 0. The van der Waals surface area contributed by atoms with Crippen LogP contribution in [0.5, 0.6) is 0 Å². The molecule has 0 spiro atoms. The fourth-order valence-electron chi connectivity index (χ4n) is 4.14. The zero-order valence-electron chi connectivity index (χ0n) is 18.1. The lowest BCUT2D eigenvalue weighted by Gasteiger charge is -2.36. The third-order valence-corrected chi connectivity index (χ3v) is 5.68. The molecule has 1 unspecified atom stereocenters. The summed E-state index contributed by atoms with van der Waals surface area (Å²) in [4.78, 5) is 67.9. The number of ether oxygens (including phenoxy) is 1. The molecular weight excluding hydrogens is 426 g/mol. The van der Waals surface area contributed by atoms with Gasteiger partial charge < -0.3 is 10.1 Å². The second-order valence-corrected chi connectivity index (χ2v) is 7.75. The molecule has 1 N–H and O–H groups in total. The normalized spacial score (nSPS) is 19.1. The van der Waals surface area contributed by atoms with E-state index in [1.165, 1.54) is 18.2 Å². The van der Waals surface area contributed by atoms with Crippen LogP contribution in [0.3, 0.4) is 0 Å². The van der Waals surface area contributed by atoms with Crippen LogP contribution in [-0.4, -0.2) is 78.1 Å². The Morgan fingerprint density at radius 2 is 1.52 bits per heavy atom. The number of rotatable bonds is 3. The molecule has 4 rings (SSSR count). The summed E-state index contributed by atoms with van der Waals surface area (Å²) >= 11 is 0. The van der Waals surface area contributed by atoms with Crippen LogP contribution in [-0.2, 0) is 9.53 Å². The van der Waals surface area contributed by atoms with E-state index in [1.54, 1.807) is 42.2 Å². The summed E-state index contributed by atoms with van der Waals surface area (Å²) in [6, 6.07) is 11.3. The molecule has 0 bridgehead atoms. The molecule has 0 aliphatic carbocycles. The molecule has 0 aromatic heterocycles. The third-order valence-electron chi connectivity index (χ3n) is 5.68. The molecule has 170 valence electrons. The average molecular weight is 449 g/mol. The van der Waals surface area contributed by atoms with Gasteiger partial charge in [-0.25, -0.2) is 0 Å². The Hall–Kier alpha value is -3.85. The number of fused-ring (bicyclic) bond motifs is 3. The molecular formula is C24H23N3O6. The molecule has 3 amide bonds. The van der Waals surface area contributed by atoms with Gasteiger partial charge in [0.15, 0.2) is 5.78 Å². The summed E-state index contributed by atoms with van der Waals surface area (Å²) in [6.07, 6.45) is 0. The van der Waals surface area contributed by atoms with Gasteiger partial charge in [-0.05, 0) is 25.1 Å². The Morgan fingerprint density at radius 1 is 0.939 bits per heavy atom. The Labute approximate surface area is 190 Å². The van der Waals surface area contributed by atoms with E-state index in [0.29, 0.717) is 0 Å². The van der Waals surface area contributed by atoms with Crippen molar-refractivity contribution < 1.29 is 28.7 Å². The largest absolute Gasteiger partial charge is 0.465 e. The summed E-state index contributed by atoms with van der Waals surface area (Å²) in [5, 5.41) is 2.74. The van der Waals surface area contributed by atoms with Gasteiger partial charge in [0, 0.05) is 25.2 Å². The van der Waals surface area contributed by atoms with E-state index < -0.39 is 35.5 Å². The van der Waals surface area contributed by atoms with Crippen LogP contribution in [0.4, 0.5) is 0 Å². The molecule has 2 aliphatic heterocycles. The van der Waals surface area contributed by atoms with Crippen molar-refractivity contribution in [3.8, 4) is 0 Å². The number of carbonyl (C=O) groups is 5. The Bertz CT molecular complexity index is 1140. The van der Waals surface area contributed by atoms with Crippen molar-refractivity contribution in [3.05, 3.63) is 70.8 Å². The fourth-order valence-corrected chi connectivity index (χ4v) is 4.14.